The molecular formula is C14H11ClF2O. The van der Waals surface area contributed by atoms with Gasteiger partial charge in [0.1, 0.15) is 0 Å². The van der Waals surface area contributed by atoms with Crippen molar-refractivity contribution in [3.63, 3.8) is 0 Å². The number of halogens is 3. The fraction of sp³-hybridized carbons (Fsp3) is 0.143. The Balaban J connectivity index is 2.47. The Bertz CT molecular complexity index is 552. The van der Waals surface area contributed by atoms with E-state index in [1.54, 1.807) is 24.3 Å². The van der Waals surface area contributed by atoms with Crippen LogP contribution in [0.5, 0.6) is 5.75 Å². The molecule has 0 unspecified atom stereocenters. The monoisotopic (exact) mass is 268 g/mol. The van der Waals surface area contributed by atoms with Crippen molar-refractivity contribution in [1.29, 1.82) is 0 Å². The highest BCUT2D eigenvalue weighted by molar-refractivity contribution is 6.17. The lowest BCUT2D eigenvalue weighted by Crippen LogP contribution is -1.95. The van der Waals surface area contributed by atoms with Crippen LogP contribution < -0.4 is 4.74 Å². The van der Waals surface area contributed by atoms with Crippen LogP contribution in [0.3, 0.4) is 0 Å². The van der Waals surface area contributed by atoms with Gasteiger partial charge in [-0.25, -0.2) is 4.39 Å². The molecule has 2 aromatic carbocycles. The quantitative estimate of drug-likeness (QED) is 0.751. The second kappa shape index (κ2) is 5.36. The van der Waals surface area contributed by atoms with Gasteiger partial charge < -0.3 is 4.74 Å². The van der Waals surface area contributed by atoms with E-state index in [4.69, 9.17) is 16.3 Å². The minimum Gasteiger partial charge on any atom is -0.494 e. The highest BCUT2D eigenvalue weighted by Crippen LogP contribution is 2.29. The molecule has 0 atom stereocenters. The molecule has 0 amide bonds. The average Bonchev–Trinajstić information content (AvgIpc) is 2.42. The molecule has 0 saturated carbocycles. The number of hydrogen-bond donors (Lipinski definition) is 0. The summed E-state index contributed by atoms with van der Waals surface area (Å²) in [7, 11) is 1.30. The van der Waals surface area contributed by atoms with Gasteiger partial charge in [0.15, 0.2) is 11.6 Å². The summed E-state index contributed by atoms with van der Waals surface area (Å²) in [4.78, 5) is 0. The van der Waals surface area contributed by atoms with Crippen molar-refractivity contribution in [3.05, 3.63) is 53.6 Å². The van der Waals surface area contributed by atoms with Crippen LogP contribution in [0.25, 0.3) is 11.1 Å². The zero-order valence-electron chi connectivity index (χ0n) is 9.71. The number of ether oxygens (including phenoxy) is 1. The maximum atomic E-state index is 13.8. The van der Waals surface area contributed by atoms with Crippen molar-refractivity contribution in [3.8, 4) is 16.9 Å². The summed E-state index contributed by atoms with van der Waals surface area (Å²) in [6, 6.07) is 9.88. The lowest BCUT2D eigenvalue weighted by atomic mass is 10.0. The first-order valence-corrected chi connectivity index (χ1v) is 5.88. The summed E-state index contributed by atoms with van der Waals surface area (Å²) in [5, 5.41) is 0. The highest BCUT2D eigenvalue weighted by Gasteiger charge is 2.14. The summed E-state index contributed by atoms with van der Waals surface area (Å²) in [6.07, 6.45) is 0. The lowest BCUT2D eigenvalue weighted by Gasteiger charge is -2.08. The average molecular weight is 269 g/mol. The van der Waals surface area contributed by atoms with E-state index in [0.29, 0.717) is 11.4 Å². The van der Waals surface area contributed by atoms with E-state index in [-0.39, 0.29) is 11.3 Å². The van der Waals surface area contributed by atoms with E-state index in [0.717, 1.165) is 5.56 Å². The Kier molecular flexibility index (Phi) is 3.82. The third-order valence-electron chi connectivity index (χ3n) is 2.69. The predicted molar refractivity (Wildman–Crippen MR) is 67.9 cm³/mol. The molecule has 0 fully saturated rings. The number of benzene rings is 2. The van der Waals surface area contributed by atoms with Gasteiger partial charge in [-0.05, 0) is 23.3 Å². The number of alkyl halides is 1. The third kappa shape index (κ3) is 2.31. The third-order valence-corrected chi connectivity index (χ3v) is 2.99. The van der Waals surface area contributed by atoms with Crippen LogP contribution in [0.4, 0.5) is 8.78 Å². The van der Waals surface area contributed by atoms with Crippen LogP contribution in [-0.2, 0) is 5.88 Å². The van der Waals surface area contributed by atoms with Crippen LogP contribution >= 0.6 is 11.6 Å². The van der Waals surface area contributed by atoms with Crippen molar-refractivity contribution >= 4 is 11.6 Å². The van der Waals surface area contributed by atoms with Gasteiger partial charge in [0.25, 0.3) is 0 Å². The largest absolute Gasteiger partial charge is 0.494 e. The minimum absolute atomic E-state index is 0.103. The fourth-order valence-electron chi connectivity index (χ4n) is 1.69. The van der Waals surface area contributed by atoms with Gasteiger partial charge in [-0.1, -0.05) is 24.3 Å². The van der Waals surface area contributed by atoms with Crippen LogP contribution in [0.2, 0.25) is 0 Å². The van der Waals surface area contributed by atoms with Crippen molar-refractivity contribution < 1.29 is 13.5 Å². The normalized spacial score (nSPS) is 10.4. The lowest BCUT2D eigenvalue weighted by molar-refractivity contribution is 0.372. The molecule has 0 bridgehead atoms. The maximum Gasteiger partial charge on any atom is 0.201 e. The summed E-state index contributed by atoms with van der Waals surface area (Å²) in [5.41, 5.74) is 1.73. The highest BCUT2D eigenvalue weighted by atomic mass is 35.5. The van der Waals surface area contributed by atoms with Gasteiger partial charge in [-0.2, -0.15) is 4.39 Å². The Morgan fingerprint density at radius 2 is 1.67 bits per heavy atom. The van der Waals surface area contributed by atoms with Gasteiger partial charge in [0.2, 0.25) is 5.82 Å². The molecule has 0 aliphatic heterocycles. The van der Waals surface area contributed by atoms with E-state index in [1.807, 2.05) is 0 Å². The topological polar surface area (TPSA) is 9.23 Å². The summed E-state index contributed by atoms with van der Waals surface area (Å²) in [6.45, 7) is 0. The Morgan fingerprint density at radius 3 is 2.22 bits per heavy atom. The molecule has 4 heteroatoms. The standard InChI is InChI=1S/C14H11ClF2O/c1-18-12-7-6-11(13(16)14(12)17)10-4-2-9(8-15)3-5-10/h2-7H,8H2,1H3. The zero-order valence-corrected chi connectivity index (χ0v) is 10.5. The van der Waals surface area contributed by atoms with Crippen molar-refractivity contribution in [2.24, 2.45) is 0 Å². The second-order valence-electron chi connectivity index (χ2n) is 3.77. The minimum atomic E-state index is -0.976. The first-order chi connectivity index (χ1) is 8.67. The van der Waals surface area contributed by atoms with Gasteiger partial charge in [-0.15, -0.1) is 11.6 Å². The van der Waals surface area contributed by atoms with Crippen LogP contribution in [0.15, 0.2) is 36.4 Å². The molecule has 0 radical (unpaired) electrons. The second-order valence-corrected chi connectivity index (χ2v) is 4.04. The first-order valence-electron chi connectivity index (χ1n) is 5.34. The maximum absolute atomic E-state index is 13.8. The van der Waals surface area contributed by atoms with Gasteiger partial charge in [0, 0.05) is 11.4 Å². The molecule has 2 aromatic rings. The summed E-state index contributed by atoms with van der Waals surface area (Å²) in [5.74, 6) is -1.60. The number of hydrogen-bond acceptors (Lipinski definition) is 1. The van der Waals surface area contributed by atoms with Gasteiger partial charge >= 0.3 is 0 Å². The smallest absolute Gasteiger partial charge is 0.201 e. The first kappa shape index (κ1) is 12.8. The molecule has 0 spiro atoms. The zero-order chi connectivity index (χ0) is 13.1. The summed E-state index contributed by atoms with van der Waals surface area (Å²) >= 11 is 5.67. The molecule has 18 heavy (non-hydrogen) atoms. The SMILES string of the molecule is COc1ccc(-c2ccc(CCl)cc2)c(F)c1F. The molecule has 0 N–H and O–H groups in total. The molecule has 0 saturated heterocycles. The van der Waals surface area contributed by atoms with Crippen molar-refractivity contribution in [2.45, 2.75) is 5.88 Å². The van der Waals surface area contributed by atoms with Gasteiger partial charge in [-0.3, -0.25) is 0 Å². The Hall–Kier alpha value is -1.61. The van der Waals surface area contributed by atoms with Crippen molar-refractivity contribution in [1.82, 2.24) is 0 Å². The van der Waals surface area contributed by atoms with E-state index in [9.17, 15) is 8.78 Å². The van der Waals surface area contributed by atoms with Crippen molar-refractivity contribution in [2.75, 3.05) is 7.11 Å². The Labute approximate surface area is 109 Å². The molecule has 2 rings (SSSR count). The van der Waals surface area contributed by atoms with E-state index in [2.05, 4.69) is 0 Å². The fourth-order valence-corrected chi connectivity index (χ4v) is 1.86. The molecule has 0 aliphatic carbocycles. The van der Waals surface area contributed by atoms with E-state index < -0.39 is 11.6 Å². The van der Waals surface area contributed by atoms with E-state index in [1.165, 1.54) is 19.2 Å². The molecule has 94 valence electrons. The molecule has 0 aromatic heterocycles. The van der Waals surface area contributed by atoms with Crippen LogP contribution in [0, 0.1) is 11.6 Å². The summed E-state index contributed by atoms with van der Waals surface area (Å²) < 4.78 is 32.1. The van der Waals surface area contributed by atoms with Gasteiger partial charge in [0.05, 0.1) is 7.11 Å². The van der Waals surface area contributed by atoms with Crippen LogP contribution in [0.1, 0.15) is 5.56 Å². The molecule has 0 aliphatic rings. The predicted octanol–water partition coefficient (Wildman–Crippen LogP) is 4.38. The molecule has 0 heterocycles. The molecule has 1 nitrogen and oxygen atoms in total. The van der Waals surface area contributed by atoms with Crippen LogP contribution in [-0.4, -0.2) is 7.11 Å². The number of rotatable bonds is 3. The Morgan fingerprint density at radius 1 is 1.00 bits per heavy atom. The van der Waals surface area contributed by atoms with E-state index >= 15 is 0 Å². The molecular weight excluding hydrogens is 258 g/mol. The number of methoxy groups -OCH3 is 1.